The van der Waals surface area contributed by atoms with E-state index in [0.29, 0.717) is 19.3 Å². The zero-order chi connectivity index (χ0) is 17.5. The number of hydrogen-bond acceptors (Lipinski definition) is 5. The van der Waals surface area contributed by atoms with Gasteiger partial charge < -0.3 is 5.11 Å². The van der Waals surface area contributed by atoms with E-state index < -0.39 is 35.1 Å². The minimum Gasteiger partial charge on any atom is -0.396 e. The minimum absolute atomic E-state index is 0.0196. The highest BCUT2D eigenvalue weighted by atomic mass is 32.3. The van der Waals surface area contributed by atoms with Crippen LogP contribution in [0.1, 0.15) is 33.1 Å². The van der Waals surface area contributed by atoms with E-state index in [1.165, 1.54) is 19.1 Å². The zero-order valence-electron chi connectivity index (χ0n) is 13.7. The molecule has 0 heterocycles. The molecule has 1 saturated carbocycles. The molecule has 1 aliphatic carbocycles. The Morgan fingerprint density at radius 2 is 1.78 bits per heavy atom. The number of rotatable bonds is 6. The molecule has 23 heavy (non-hydrogen) atoms. The van der Waals surface area contributed by atoms with Gasteiger partial charge in [0.05, 0.1) is 4.90 Å². The van der Waals surface area contributed by atoms with Crippen molar-refractivity contribution >= 4 is 19.7 Å². The molecular weight excluding hydrogens is 336 g/mol. The fraction of sp³-hybridized carbons (Fsp3) is 0.625. The van der Waals surface area contributed by atoms with E-state index in [4.69, 9.17) is 0 Å². The maximum absolute atomic E-state index is 13.2. The van der Waals surface area contributed by atoms with Gasteiger partial charge in [-0.25, -0.2) is 16.8 Å². The van der Waals surface area contributed by atoms with Gasteiger partial charge in [0.1, 0.15) is 0 Å². The highest BCUT2D eigenvalue weighted by molar-refractivity contribution is 8.10. The Morgan fingerprint density at radius 3 is 2.17 bits per heavy atom. The van der Waals surface area contributed by atoms with E-state index in [9.17, 15) is 21.9 Å². The molecule has 0 amide bonds. The van der Waals surface area contributed by atoms with Crippen molar-refractivity contribution in [2.75, 3.05) is 12.9 Å². The Hall–Kier alpha value is -0.920. The van der Waals surface area contributed by atoms with Crippen LogP contribution in [0.25, 0.3) is 0 Å². The molecule has 0 aromatic heterocycles. The Labute approximate surface area is 138 Å². The van der Waals surface area contributed by atoms with Crippen LogP contribution in [0.2, 0.25) is 0 Å². The topological polar surface area (TPSA) is 88.5 Å². The quantitative estimate of drug-likeness (QED) is 0.838. The molecule has 5 nitrogen and oxygen atoms in total. The third-order valence-electron chi connectivity index (χ3n) is 5.48. The van der Waals surface area contributed by atoms with Crippen molar-refractivity contribution in [3.8, 4) is 0 Å². The van der Waals surface area contributed by atoms with E-state index in [-0.39, 0.29) is 11.5 Å². The average Bonchev–Trinajstić information content (AvgIpc) is 2.46. The van der Waals surface area contributed by atoms with Crippen LogP contribution in [-0.4, -0.2) is 38.9 Å². The lowest BCUT2D eigenvalue weighted by atomic mass is 9.58. The van der Waals surface area contributed by atoms with Crippen LogP contribution in [0.15, 0.2) is 35.2 Å². The number of benzene rings is 1. The molecule has 130 valence electrons. The molecule has 2 rings (SSSR count). The maximum Gasteiger partial charge on any atom is 0.198 e. The van der Waals surface area contributed by atoms with Crippen LogP contribution in [0.5, 0.6) is 0 Å². The molecule has 1 aliphatic rings. The van der Waals surface area contributed by atoms with Crippen LogP contribution in [0.4, 0.5) is 0 Å². The van der Waals surface area contributed by atoms with Gasteiger partial charge in [0.2, 0.25) is 0 Å². The molecule has 3 atom stereocenters. The molecular formula is C16H24O5S2. The summed E-state index contributed by atoms with van der Waals surface area (Å²) in [5, 5.41) is 9.27. The predicted molar refractivity (Wildman–Crippen MR) is 89.4 cm³/mol. The van der Waals surface area contributed by atoms with E-state index in [0.717, 1.165) is 6.26 Å². The lowest BCUT2D eigenvalue weighted by Gasteiger charge is -2.54. The maximum atomic E-state index is 13.2. The van der Waals surface area contributed by atoms with Crippen molar-refractivity contribution in [1.29, 1.82) is 0 Å². The van der Waals surface area contributed by atoms with E-state index in [1.807, 2.05) is 6.92 Å². The first-order chi connectivity index (χ1) is 10.5. The molecule has 0 bridgehead atoms. The molecule has 0 aliphatic heterocycles. The van der Waals surface area contributed by atoms with Gasteiger partial charge in [-0.05, 0) is 49.7 Å². The SMILES string of the molecule is CC([C@H]1CC[C@@]1(C)CCO)(S(C)(=O)=O)S(=O)(=O)c1ccccc1. The number of sulfone groups is 2. The molecule has 0 saturated heterocycles. The lowest BCUT2D eigenvalue weighted by Crippen LogP contribution is -2.59. The van der Waals surface area contributed by atoms with Crippen LogP contribution >= 0.6 is 0 Å². The van der Waals surface area contributed by atoms with Crippen molar-refractivity contribution < 1.29 is 21.9 Å². The van der Waals surface area contributed by atoms with Crippen LogP contribution in [0, 0.1) is 11.3 Å². The summed E-state index contributed by atoms with van der Waals surface area (Å²) in [7, 11) is -7.97. The molecule has 1 aromatic rings. The lowest BCUT2D eigenvalue weighted by molar-refractivity contribution is 0.0141. The Kier molecular flexibility index (Phi) is 4.69. The fourth-order valence-corrected chi connectivity index (χ4v) is 8.27. The van der Waals surface area contributed by atoms with Crippen molar-refractivity contribution in [3.63, 3.8) is 0 Å². The van der Waals surface area contributed by atoms with E-state index in [2.05, 4.69) is 0 Å². The summed E-state index contributed by atoms with van der Waals surface area (Å²) < 4.78 is 49.6. The smallest absolute Gasteiger partial charge is 0.198 e. The van der Waals surface area contributed by atoms with E-state index in [1.54, 1.807) is 18.2 Å². The monoisotopic (exact) mass is 360 g/mol. The summed E-state index contributed by atoms with van der Waals surface area (Å²) in [6.45, 7) is 3.10. The second-order valence-corrected chi connectivity index (χ2v) is 11.8. The van der Waals surface area contributed by atoms with Crippen LogP contribution in [0.3, 0.4) is 0 Å². The van der Waals surface area contributed by atoms with Gasteiger partial charge in [0, 0.05) is 12.9 Å². The number of aliphatic hydroxyl groups is 1. The van der Waals surface area contributed by atoms with Crippen molar-refractivity contribution in [2.24, 2.45) is 11.3 Å². The van der Waals surface area contributed by atoms with Crippen LogP contribution < -0.4 is 0 Å². The van der Waals surface area contributed by atoms with Crippen molar-refractivity contribution in [2.45, 2.75) is 42.1 Å². The fourth-order valence-electron chi connectivity index (χ4n) is 3.71. The first-order valence-corrected chi connectivity index (χ1v) is 11.0. The first-order valence-electron chi connectivity index (χ1n) is 7.61. The third kappa shape index (κ3) is 2.72. The first kappa shape index (κ1) is 18.4. The summed E-state index contributed by atoms with van der Waals surface area (Å²) >= 11 is 0. The second kappa shape index (κ2) is 5.86. The van der Waals surface area contributed by atoms with Gasteiger partial charge in [-0.2, -0.15) is 0 Å². The zero-order valence-corrected chi connectivity index (χ0v) is 15.3. The van der Waals surface area contributed by atoms with Gasteiger partial charge >= 0.3 is 0 Å². The van der Waals surface area contributed by atoms with Gasteiger partial charge in [-0.1, -0.05) is 25.1 Å². The van der Waals surface area contributed by atoms with E-state index >= 15 is 0 Å². The van der Waals surface area contributed by atoms with Gasteiger partial charge in [-0.3, -0.25) is 0 Å². The average molecular weight is 360 g/mol. The summed E-state index contributed by atoms with van der Waals surface area (Å²) in [6, 6.07) is 7.73. The molecule has 7 heteroatoms. The third-order valence-corrected chi connectivity index (χ3v) is 11.1. The van der Waals surface area contributed by atoms with Gasteiger partial charge in [0.15, 0.2) is 23.8 Å². The minimum atomic E-state index is -4.08. The number of hydrogen-bond donors (Lipinski definition) is 1. The van der Waals surface area contributed by atoms with Crippen LogP contribution in [-0.2, 0) is 19.7 Å². The summed E-state index contributed by atoms with van der Waals surface area (Å²) in [5.41, 5.74) is -0.492. The number of aliphatic hydroxyl groups excluding tert-OH is 1. The Morgan fingerprint density at radius 1 is 1.22 bits per heavy atom. The Bertz CT molecular complexity index is 770. The summed E-state index contributed by atoms with van der Waals surface area (Å²) in [5.74, 6) is -0.539. The standard InChI is InChI=1S/C16H24O5S2/c1-15(11-12-17)10-9-14(15)16(2,22(3,18)19)23(20,21)13-7-5-4-6-8-13/h4-8,14,17H,9-12H2,1-3H3/t14-,15-,16?/m0/s1. The highest BCUT2D eigenvalue weighted by Crippen LogP contribution is 2.58. The normalized spacial score (nSPS) is 27.9. The molecule has 1 aromatic carbocycles. The molecule has 0 radical (unpaired) electrons. The van der Waals surface area contributed by atoms with Gasteiger partial charge in [0.25, 0.3) is 0 Å². The van der Waals surface area contributed by atoms with Crippen molar-refractivity contribution in [3.05, 3.63) is 30.3 Å². The molecule has 1 unspecified atom stereocenters. The summed E-state index contributed by atoms with van der Waals surface area (Å²) in [4.78, 5) is 0.0196. The second-order valence-electron chi connectivity index (χ2n) is 6.82. The Balaban J connectivity index is 2.64. The summed E-state index contributed by atoms with van der Waals surface area (Å²) in [6.07, 6.45) is 2.62. The molecule has 1 N–H and O–H groups in total. The largest absolute Gasteiger partial charge is 0.396 e. The van der Waals surface area contributed by atoms with Gasteiger partial charge in [-0.15, -0.1) is 0 Å². The highest BCUT2D eigenvalue weighted by Gasteiger charge is 2.63. The molecule has 1 fully saturated rings. The molecule has 0 spiro atoms. The van der Waals surface area contributed by atoms with Crippen molar-refractivity contribution in [1.82, 2.24) is 0 Å². The predicted octanol–water partition coefficient (Wildman–Crippen LogP) is 2.02.